The zero-order valence-corrected chi connectivity index (χ0v) is 13.0. The van der Waals surface area contributed by atoms with Gasteiger partial charge in [0.25, 0.3) is 0 Å². The number of piperidine rings is 1. The molecule has 112 valence electrons. The molecule has 2 nitrogen and oxygen atoms in total. The normalized spacial score (nSPS) is 17.4. The smallest absolute Gasteiger partial charge is 0.00191 e. The van der Waals surface area contributed by atoms with Crippen LogP contribution < -0.4 is 5.32 Å². The van der Waals surface area contributed by atoms with Crippen LogP contribution in [-0.4, -0.2) is 38.1 Å². The van der Waals surface area contributed by atoms with E-state index in [1.807, 2.05) is 0 Å². The van der Waals surface area contributed by atoms with Crippen LogP contribution in [0.15, 0.2) is 30.3 Å². The number of likely N-dealkylation sites (tertiary alicyclic amines) is 1. The van der Waals surface area contributed by atoms with E-state index >= 15 is 0 Å². The lowest BCUT2D eigenvalue weighted by Gasteiger charge is -2.28. The lowest BCUT2D eigenvalue weighted by molar-refractivity contribution is 0.211. The summed E-state index contributed by atoms with van der Waals surface area (Å²) in [5.41, 5.74) is 1.47. The van der Waals surface area contributed by atoms with Gasteiger partial charge in [0.05, 0.1) is 0 Å². The first-order valence-corrected chi connectivity index (χ1v) is 8.28. The lowest BCUT2D eigenvalue weighted by atomic mass is 9.94. The average Bonchev–Trinajstić information content (AvgIpc) is 2.49. The summed E-state index contributed by atoms with van der Waals surface area (Å²) in [6.45, 7) is 4.97. The Balaban J connectivity index is 1.42. The van der Waals surface area contributed by atoms with E-state index in [4.69, 9.17) is 0 Å². The molecule has 0 amide bonds. The molecule has 2 heteroatoms. The fourth-order valence-corrected chi connectivity index (χ4v) is 3.01. The van der Waals surface area contributed by atoms with Crippen LogP contribution in [-0.2, 0) is 6.42 Å². The number of hydrogen-bond donors (Lipinski definition) is 1. The van der Waals surface area contributed by atoms with Crippen molar-refractivity contribution in [3.8, 4) is 0 Å². The highest BCUT2D eigenvalue weighted by molar-refractivity contribution is 5.14. The molecule has 1 saturated heterocycles. The van der Waals surface area contributed by atoms with E-state index in [0.717, 1.165) is 5.92 Å². The van der Waals surface area contributed by atoms with Gasteiger partial charge in [-0.15, -0.1) is 0 Å². The lowest BCUT2D eigenvalue weighted by Crippen LogP contribution is -2.31. The summed E-state index contributed by atoms with van der Waals surface area (Å²) in [6, 6.07) is 10.8. The highest BCUT2D eigenvalue weighted by Crippen LogP contribution is 2.18. The van der Waals surface area contributed by atoms with Gasteiger partial charge < -0.3 is 10.2 Å². The number of nitrogens with zero attached hydrogens (tertiary/aromatic N) is 1. The summed E-state index contributed by atoms with van der Waals surface area (Å²) in [5, 5.41) is 3.62. The number of nitrogens with one attached hydrogen (secondary N) is 1. The molecule has 1 heterocycles. The molecule has 0 aromatic heterocycles. The fraction of sp³-hybridized carbons (Fsp3) is 0.667. The van der Waals surface area contributed by atoms with Crippen LogP contribution in [0.3, 0.4) is 0 Å². The molecule has 1 aliphatic heterocycles. The third-order valence-corrected chi connectivity index (χ3v) is 4.48. The average molecular weight is 274 g/mol. The van der Waals surface area contributed by atoms with Crippen molar-refractivity contribution < 1.29 is 0 Å². The van der Waals surface area contributed by atoms with Crippen molar-refractivity contribution in [1.82, 2.24) is 10.2 Å². The summed E-state index contributed by atoms with van der Waals surface area (Å²) in [7, 11) is 2.24. The maximum absolute atomic E-state index is 3.62. The standard InChI is InChI=1S/C18H30N2/c1-20-15-11-18(12-16-20)10-14-19-13-6-5-9-17-7-3-2-4-8-17/h2-4,7-8,18-19H,5-6,9-16H2,1H3. The topological polar surface area (TPSA) is 15.3 Å². The van der Waals surface area contributed by atoms with Crippen LogP contribution in [0.1, 0.15) is 37.7 Å². The van der Waals surface area contributed by atoms with Gasteiger partial charge in [0.1, 0.15) is 0 Å². The maximum atomic E-state index is 3.62. The summed E-state index contributed by atoms with van der Waals surface area (Å²) < 4.78 is 0. The van der Waals surface area contributed by atoms with Crippen LogP contribution >= 0.6 is 0 Å². The van der Waals surface area contributed by atoms with Crippen LogP contribution in [0, 0.1) is 5.92 Å². The number of benzene rings is 1. The Kier molecular flexibility index (Phi) is 7.10. The van der Waals surface area contributed by atoms with Crippen molar-refractivity contribution in [3.05, 3.63) is 35.9 Å². The molecule has 0 atom stereocenters. The SMILES string of the molecule is CN1CCC(CCNCCCCc2ccccc2)CC1. The Labute approximate surface area is 124 Å². The van der Waals surface area contributed by atoms with Gasteiger partial charge in [-0.25, -0.2) is 0 Å². The van der Waals surface area contributed by atoms with Crippen LogP contribution in [0.2, 0.25) is 0 Å². The number of unbranched alkanes of at least 4 members (excludes halogenated alkanes) is 1. The van der Waals surface area contributed by atoms with E-state index in [0.29, 0.717) is 0 Å². The monoisotopic (exact) mass is 274 g/mol. The molecule has 0 radical (unpaired) electrons. The van der Waals surface area contributed by atoms with Crippen LogP contribution in [0.4, 0.5) is 0 Å². The number of aryl methyl sites for hydroxylation is 1. The van der Waals surface area contributed by atoms with Crippen molar-refractivity contribution >= 4 is 0 Å². The molecule has 1 N–H and O–H groups in total. The van der Waals surface area contributed by atoms with E-state index in [1.54, 1.807) is 0 Å². The Morgan fingerprint density at radius 3 is 2.55 bits per heavy atom. The minimum absolute atomic E-state index is 0.961. The van der Waals surface area contributed by atoms with Gasteiger partial charge in [0.15, 0.2) is 0 Å². The summed E-state index contributed by atoms with van der Waals surface area (Å²) in [6.07, 6.45) is 7.97. The molecule has 0 aliphatic carbocycles. The third-order valence-electron chi connectivity index (χ3n) is 4.48. The van der Waals surface area contributed by atoms with Gasteiger partial charge in [0.2, 0.25) is 0 Å². The van der Waals surface area contributed by atoms with Gasteiger partial charge in [0, 0.05) is 0 Å². The van der Waals surface area contributed by atoms with E-state index in [-0.39, 0.29) is 0 Å². The Hall–Kier alpha value is -0.860. The zero-order chi connectivity index (χ0) is 14.0. The van der Waals surface area contributed by atoms with Crippen molar-refractivity contribution in [3.63, 3.8) is 0 Å². The second-order valence-electron chi connectivity index (χ2n) is 6.23. The van der Waals surface area contributed by atoms with Gasteiger partial charge >= 0.3 is 0 Å². The van der Waals surface area contributed by atoms with Gasteiger partial charge in [-0.3, -0.25) is 0 Å². The molecule has 1 fully saturated rings. The predicted octanol–water partition coefficient (Wildman–Crippen LogP) is 3.33. The molecule has 20 heavy (non-hydrogen) atoms. The highest BCUT2D eigenvalue weighted by Gasteiger charge is 2.15. The van der Waals surface area contributed by atoms with Crippen molar-refractivity contribution in [2.75, 3.05) is 33.2 Å². The summed E-state index contributed by atoms with van der Waals surface area (Å²) in [4.78, 5) is 2.45. The van der Waals surface area contributed by atoms with Crippen LogP contribution in [0.5, 0.6) is 0 Å². The number of hydrogen-bond acceptors (Lipinski definition) is 2. The Morgan fingerprint density at radius 1 is 1.05 bits per heavy atom. The van der Waals surface area contributed by atoms with E-state index in [1.165, 1.54) is 70.3 Å². The van der Waals surface area contributed by atoms with Crippen molar-refractivity contribution in [2.45, 2.75) is 38.5 Å². The molecule has 0 unspecified atom stereocenters. The third kappa shape index (κ3) is 6.06. The molecule has 0 spiro atoms. The minimum Gasteiger partial charge on any atom is -0.317 e. The predicted molar refractivity (Wildman–Crippen MR) is 87.1 cm³/mol. The summed E-state index contributed by atoms with van der Waals surface area (Å²) in [5.74, 6) is 0.961. The first kappa shape index (κ1) is 15.5. The Bertz CT molecular complexity index is 342. The van der Waals surface area contributed by atoms with Crippen molar-refractivity contribution in [2.24, 2.45) is 5.92 Å². The summed E-state index contributed by atoms with van der Waals surface area (Å²) >= 11 is 0. The second kappa shape index (κ2) is 9.15. The molecule has 1 aromatic rings. The molecular weight excluding hydrogens is 244 g/mol. The van der Waals surface area contributed by atoms with E-state index in [2.05, 4.69) is 47.6 Å². The fourth-order valence-electron chi connectivity index (χ4n) is 3.01. The molecule has 2 rings (SSSR count). The first-order valence-electron chi connectivity index (χ1n) is 8.28. The van der Waals surface area contributed by atoms with Gasteiger partial charge in [-0.2, -0.15) is 0 Å². The van der Waals surface area contributed by atoms with Gasteiger partial charge in [-0.1, -0.05) is 30.3 Å². The molecule has 0 bridgehead atoms. The molecule has 0 saturated carbocycles. The molecule has 1 aliphatic rings. The van der Waals surface area contributed by atoms with Crippen molar-refractivity contribution in [1.29, 1.82) is 0 Å². The highest BCUT2D eigenvalue weighted by atomic mass is 15.1. The Morgan fingerprint density at radius 2 is 1.80 bits per heavy atom. The number of rotatable bonds is 8. The minimum atomic E-state index is 0.961. The molecular formula is C18H30N2. The van der Waals surface area contributed by atoms with Gasteiger partial charge in [-0.05, 0) is 83.2 Å². The van der Waals surface area contributed by atoms with E-state index < -0.39 is 0 Å². The van der Waals surface area contributed by atoms with E-state index in [9.17, 15) is 0 Å². The zero-order valence-electron chi connectivity index (χ0n) is 13.0. The quantitative estimate of drug-likeness (QED) is 0.732. The van der Waals surface area contributed by atoms with Crippen LogP contribution in [0.25, 0.3) is 0 Å². The first-order chi connectivity index (χ1) is 9.84. The largest absolute Gasteiger partial charge is 0.317 e. The maximum Gasteiger partial charge on any atom is -0.00191 e. The second-order valence-corrected chi connectivity index (χ2v) is 6.23. The molecule has 1 aromatic carbocycles.